The van der Waals surface area contributed by atoms with Crippen LogP contribution in [0.1, 0.15) is 38.2 Å². The van der Waals surface area contributed by atoms with E-state index in [1.807, 2.05) is 0 Å². The molecule has 2 unspecified atom stereocenters. The van der Waals surface area contributed by atoms with Crippen LogP contribution in [0.15, 0.2) is 30.3 Å². The number of hydrogen-bond donors (Lipinski definition) is 1. The van der Waals surface area contributed by atoms with Crippen LogP contribution in [0.2, 0.25) is 0 Å². The van der Waals surface area contributed by atoms with Gasteiger partial charge in [0, 0.05) is 5.56 Å². The summed E-state index contributed by atoms with van der Waals surface area (Å²) in [5, 5.41) is 2.97. The summed E-state index contributed by atoms with van der Waals surface area (Å²) in [5.74, 6) is -1.56. The van der Waals surface area contributed by atoms with E-state index in [0.29, 0.717) is 18.4 Å². The second kappa shape index (κ2) is 6.47. The summed E-state index contributed by atoms with van der Waals surface area (Å²) >= 11 is 0. The number of alkyl halides is 2. The van der Waals surface area contributed by atoms with E-state index >= 15 is 0 Å². The van der Waals surface area contributed by atoms with Gasteiger partial charge in [0.15, 0.2) is 0 Å². The van der Waals surface area contributed by atoms with E-state index in [9.17, 15) is 8.78 Å². The highest BCUT2D eigenvalue weighted by Crippen LogP contribution is 2.30. The molecule has 1 saturated carbocycles. The molecule has 0 heterocycles. The Morgan fingerprint density at radius 2 is 1.84 bits per heavy atom. The van der Waals surface area contributed by atoms with Gasteiger partial charge in [0.1, 0.15) is 0 Å². The fourth-order valence-corrected chi connectivity index (χ4v) is 2.89. The monoisotopic (exact) mass is 267 g/mol. The molecule has 0 amide bonds. The van der Waals surface area contributed by atoms with Crippen molar-refractivity contribution in [3.05, 3.63) is 35.9 Å². The highest BCUT2D eigenvalue weighted by molar-refractivity contribution is 5.20. The molecule has 0 spiro atoms. The van der Waals surface area contributed by atoms with Crippen LogP contribution in [0.25, 0.3) is 0 Å². The van der Waals surface area contributed by atoms with E-state index in [2.05, 4.69) is 12.2 Å². The first-order valence-electron chi connectivity index (χ1n) is 7.23. The van der Waals surface area contributed by atoms with Gasteiger partial charge >= 0.3 is 0 Å². The zero-order valence-electron chi connectivity index (χ0n) is 11.5. The summed E-state index contributed by atoms with van der Waals surface area (Å²) in [4.78, 5) is 0. The van der Waals surface area contributed by atoms with E-state index in [1.165, 1.54) is 37.8 Å². The van der Waals surface area contributed by atoms with Gasteiger partial charge < -0.3 is 5.32 Å². The Labute approximate surface area is 114 Å². The number of rotatable bonds is 5. The number of benzene rings is 1. The van der Waals surface area contributed by atoms with E-state index in [4.69, 9.17) is 0 Å². The molecule has 1 aromatic carbocycles. The zero-order chi connectivity index (χ0) is 13.7. The molecule has 1 aromatic rings. The van der Waals surface area contributed by atoms with Gasteiger partial charge in [0.25, 0.3) is 5.92 Å². The topological polar surface area (TPSA) is 12.0 Å². The average Bonchev–Trinajstić information content (AvgIpc) is 2.42. The molecule has 19 heavy (non-hydrogen) atoms. The van der Waals surface area contributed by atoms with Crippen molar-refractivity contribution in [1.29, 1.82) is 0 Å². The smallest absolute Gasteiger partial charge is 0.285 e. The number of nitrogens with one attached hydrogen (secondary N) is 1. The minimum absolute atomic E-state index is 0.0965. The third kappa shape index (κ3) is 4.00. The normalized spacial score (nSPS) is 24.4. The lowest BCUT2D eigenvalue weighted by atomic mass is 9.80. The van der Waals surface area contributed by atoms with Crippen molar-refractivity contribution in [2.45, 2.75) is 38.5 Å². The van der Waals surface area contributed by atoms with Gasteiger partial charge in [-0.1, -0.05) is 56.5 Å². The molecule has 1 nitrogen and oxygen atoms in total. The molecule has 1 fully saturated rings. The van der Waals surface area contributed by atoms with Crippen molar-refractivity contribution >= 4 is 0 Å². The molecule has 0 aliphatic heterocycles. The number of halogens is 2. The molecular weight excluding hydrogens is 244 g/mol. The summed E-state index contributed by atoms with van der Waals surface area (Å²) in [6.07, 6.45) is 4.94. The minimum Gasteiger partial charge on any atom is -0.311 e. The van der Waals surface area contributed by atoms with E-state index in [-0.39, 0.29) is 12.1 Å². The van der Waals surface area contributed by atoms with Crippen LogP contribution in [-0.4, -0.2) is 13.1 Å². The van der Waals surface area contributed by atoms with Crippen LogP contribution in [0.3, 0.4) is 0 Å². The summed E-state index contributed by atoms with van der Waals surface area (Å²) in [5.41, 5.74) is 0.0965. The summed E-state index contributed by atoms with van der Waals surface area (Å²) in [6.45, 7) is 2.69. The summed E-state index contributed by atoms with van der Waals surface area (Å²) < 4.78 is 27.9. The fraction of sp³-hybridized carbons (Fsp3) is 0.625. The van der Waals surface area contributed by atoms with Crippen LogP contribution in [0, 0.1) is 11.8 Å². The predicted octanol–water partition coefficient (Wildman–Crippen LogP) is 4.19. The van der Waals surface area contributed by atoms with Crippen LogP contribution in [0.5, 0.6) is 0 Å². The molecule has 0 bridgehead atoms. The standard InChI is InChI=1S/C16H23F2N/c1-13-7-5-6-8-14(13)11-19-12-16(17,18)15-9-3-2-4-10-15/h2-4,9-10,13-14,19H,5-8,11-12H2,1H3. The summed E-state index contributed by atoms with van der Waals surface area (Å²) in [7, 11) is 0. The molecule has 3 heteroatoms. The van der Waals surface area contributed by atoms with E-state index in [0.717, 1.165) is 0 Å². The molecule has 0 saturated heterocycles. The maximum absolute atomic E-state index is 13.9. The molecule has 106 valence electrons. The third-order valence-electron chi connectivity index (χ3n) is 4.24. The highest BCUT2D eigenvalue weighted by Gasteiger charge is 2.31. The van der Waals surface area contributed by atoms with Crippen LogP contribution in [-0.2, 0) is 5.92 Å². The van der Waals surface area contributed by atoms with Crippen LogP contribution >= 0.6 is 0 Å². The molecule has 2 atom stereocenters. The fourth-order valence-electron chi connectivity index (χ4n) is 2.89. The van der Waals surface area contributed by atoms with Crippen molar-refractivity contribution in [3.63, 3.8) is 0 Å². The molecule has 1 aliphatic rings. The van der Waals surface area contributed by atoms with Crippen molar-refractivity contribution in [2.24, 2.45) is 11.8 Å². The predicted molar refractivity (Wildman–Crippen MR) is 74.3 cm³/mol. The van der Waals surface area contributed by atoms with Crippen molar-refractivity contribution in [1.82, 2.24) is 5.32 Å². The van der Waals surface area contributed by atoms with Gasteiger partial charge in [0.05, 0.1) is 6.54 Å². The molecular formula is C16H23F2N. The van der Waals surface area contributed by atoms with Gasteiger partial charge in [0.2, 0.25) is 0 Å². The van der Waals surface area contributed by atoms with Gasteiger partial charge in [-0.05, 0) is 24.8 Å². The largest absolute Gasteiger partial charge is 0.311 e. The first-order valence-corrected chi connectivity index (χ1v) is 7.23. The molecule has 0 radical (unpaired) electrons. The first kappa shape index (κ1) is 14.4. The maximum atomic E-state index is 13.9. The molecule has 1 aliphatic carbocycles. The van der Waals surface area contributed by atoms with Crippen LogP contribution in [0.4, 0.5) is 8.78 Å². The van der Waals surface area contributed by atoms with Gasteiger partial charge in [-0.2, -0.15) is 8.78 Å². The second-order valence-corrected chi connectivity index (χ2v) is 5.72. The Hall–Kier alpha value is -0.960. The van der Waals surface area contributed by atoms with Crippen molar-refractivity contribution < 1.29 is 8.78 Å². The van der Waals surface area contributed by atoms with Crippen LogP contribution < -0.4 is 5.32 Å². The van der Waals surface area contributed by atoms with Gasteiger partial charge in [-0.25, -0.2) is 0 Å². The Kier molecular flexibility index (Phi) is 4.92. The lowest BCUT2D eigenvalue weighted by molar-refractivity contribution is -0.00472. The molecule has 1 N–H and O–H groups in total. The number of hydrogen-bond acceptors (Lipinski definition) is 1. The highest BCUT2D eigenvalue weighted by atomic mass is 19.3. The quantitative estimate of drug-likeness (QED) is 0.843. The second-order valence-electron chi connectivity index (χ2n) is 5.72. The lowest BCUT2D eigenvalue weighted by Crippen LogP contribution is -2.36. The van der Waals surface area contributed by atoms with E-state index in [1.54, 1.807) is 18.2 Å². The average molecular weight is 267 g/mol. The zero-order valence-corrected chi connectivity index (χ0v) is 11.5. The summed E-state index contributed by atoms with van der Waals surface area (Å²) in [6, 6.07) is 8.06. The third-order valence-corrected chi connectivity index (χ3v) is 4.24. The Balaban J connectivity index is 1.81. The van der Waals surface area contributed by atoms with Gasteiger partial charge in [-0.15, -0.1) is 0 Å². The van der Waals surface area contributed by atoms with E-state index < -0.39 is 5.92 Å². The molecule has 2 rings (SSSR count). The van der Waals surface area contributed by atoms with Gasteiger partial charge in [-0.3, -0.25) is 0 Å². The Morgan fingerprint density at radius 1 is 1.16 bits per heavy atom. The SMILES string of the molecule is CC1CCCCC1CNCC(F)(F)c1ccccc1. The Morgan fingerprint density at radius 3 is 2.53 bits per heavy atom. The minimum atomic E-state index is -2.78. The Bertz CT molecular complexity index is 378. The van der Waals surface area contributed by atoms with Crippen molar-refractivity contribution in [3.8, 4) is 0 Å². The first-order chi connectivity index (χ1) is 9.09. The maximum Gasteiger partial charge on any atom is 0.285 e. The lowest BCUT2D eigenvalue weighted by Gasteiger charge is -2.29. The van der Waals surface area contributed by atoms with Crippen molar-refractivity contribution in [2.75, 3.05) is 13.1 Å². The molecule has 0 aromatic heterocycles.